The zero-order valence-electron chi connectivity index (χ0n) is 10.9. The fraction of sp³-hybridized carbons (Fsp3) is 0.133. The molecule has 0 spiro atoms. The summed E-state index contributed by atoms with van der Waals surface area (Å²) in [7, 11) is 1.78. The van der Waals surface area contributed by atoms with Crippen LogP contribution in [0.1, 0.15) is 5.56 Å². The van der Waals surface area contributed by atoms with Crippen molar-refractivity contribution in [1.82, 2.24) is 9.36 Å². The van der Waals surface area contributed by atoms with Gasteiger partial charge in [0.05, 0.1) is 5.69 Å². The van der Waals surface area contributed by atoms with Crippen LogP contribution in [0.3, 0.4) is 0 Å². The van der Waals surface area contributed by atoms with Crippen molar-refractivity contribution < 1.29 is 0 Å². The lowest BCUT2D eigenvalue weighted by atomic mass is 10.0. The second kappa shape index (κ2) is 4.02. The van der Waals surface area contributed by atoms with Crippen LogP contribution < -0.4 is 11.3 Å². The first-order valence-electron chi connectivity index (χ1n) is 6.13. The molecule has 19 heavy (non-hydrogen) atoms. The molecule has 0 bridgehead atoms. The molecule has 0 fully saturated rings. The SMILES string of the molecule is Cc1c(-n2c(=O)cc(N)n2C)ccc2ccccc12. The van der Waals surface area contributed by atoms with Crippen molar-refractivity contribution in [2.75, 3.05) is 5.73 Å². The van der Waals surface area contributed by atoms with Crippen molar-refractivity contribution in [2.24, 2.45) is 7.05 Å². The maximum Gasteiger partial charge on any atom is 0.273 e. The lowest BCUT2D eigenvalue weighted by Gasteiger charge is -2.13. The number of hydrogen-bond acceptors (Lipinski definition) is 2. The van der Waals surface area contributed by atoms with Gasteiger partial charge in [-0.05, 0) is 29.3 Å². The fourth-order valence-electron chi connectivity index (χ4n) is 2.47. The Morgan fingerprint density at radius 3 is 2.53 bits per heavy atom. The molecule has 96 valence electrons. The highest BCUT2D eigenvalue weighted by molar-refractivity contribution is 5.88. The smallest absolute Gasteiger partial charge is 0.273 e. The van der Waals surface area contributed by atoms with Gasteiger partial charge in [0.2, 0.25) is 0 Å². The van der Waals surface area contributed by atoms with Crippen LogP contribution in [0.2, 0.25) is 0 Å². The summed E-state index contributed by atoms with van der Waals surface area (Å²) in [6, 6.07) is 13.6. The van der Waals surface area contributed by atoms with E-state index in [4.69, 9.17) is 5.73 Å². The number of nitrogens with zero attached hydrogens (tertiary/aromatic N) is 2. The van der Waals surface area contributed by atoms with Crippen molar-refractivity contribution in [1.29, 1.82) is 0 Å². The zero-order valence-corrected chi connectivity index (χ0v) is 10.9. The number of nitrogen functional groups attached to an aromatic ring is 1. The quantitative estimate of drug-likeness (QED) is 0.723. The van der Waals surface area contributed by atoms with E-state index in [0.717, 1.165) is 16.6 Å². The van der Waals surface area contributed by atoms with Gasteiger partial charge < -0.3 is 5.73 Å². The molecule has 2 N–H and O–H groups in total. The molecule has 0 aliphatic rings. The van der Waals surface area contributed by atoms with Gasteiger partial charge in [-0.15, -0.1) is 0 Å². The monoisotopic (exact) mass is 253 g/mol. The Kier molecular flexibility index (Phi) is 2.45. The maximum atomic E-state index is 12.0. The van der Waals surface area contributed by atoms with E-state index in [-0.39, 0.29) is 5.56 Å². The number of benzene rings is 2. The van der Waals surface area contributed by atoms with Gasteiger partial charge >= 0.3 is 0 Å². The molecule has 0 unspecified atom stereocenters. The molecular weight excluding hydrogens is 238 g/mol. The summed E-state index contributed by atoms with van der Waals surface area (Å²) in [5, 5.41) is 2.31. The molecule has 4 nitrogen and oxygen atoms in total. The summed E-state index contributed by atoms with van der Waals surface area (Å²) < 4.78 is 3.26. The summed E-state index contributed by atoms with van der Waals surface area (Å²) in [6.07, 6.45) is 0. The number of hydrogen-bond donors (Lipinski definition) is 1. The fourth-order valence-corrected chi connectivity index (χ4v) is 2.47. The molecule has 0 aliphatic carbocycles. The number of rotatable bonds is 1. The topological polar surface area (TPSA) is 52.9 Å². The van der Waals surface area contributed by atoms with Crippen molar-refractivity contribution in [3.8, 4) is 5.69 Å². The van der Waals surface area contributed by atoms with E-state index in [0.29, 0.717) is 5.82 Å². The summed E-state index contributed by atoms with van der Waals surface area (Å²) >= 11 is 0. The molecule has 0 amide bonds. The van der Waals surface area contributed by atoms with Crippen molar-refractivity contribution in [3.05, 3.63) is 58.4 Å². The lowest BCUT2D eigenvalue weighted by molar-refractivity contribution is 0.653. The second-order valence-corrected chi connectivity index (χ2v) is 4.67. The van der Waals surface area contributed by atoms with Gasteiger partial charge in [0.1, 0.15) is 5.82 Å². The molecule has 1 heterocycles. The van der Waals surface area contributed by atoms with Crippen LogP contribution in [-0.2, 0) is 7.05 Å². The van der Waals surface area contributed by atoms with Gasteiger partial charge in [0.25, 0.3) is 5.56 Å². The van der Waals surface area contributed by atoms with Crippen molar-refractivity contribution >= 4 is 16.6 Å². The van der Waals surface area contributed by atoms with Gasteiger partial charge in [0.15, 0.2) is 0 Å². The van der Waals surface area contributed by atoms with E-state index in [1.807, 2.05) is 31.2 Å². The standard InChI is InChI=1S/C15H15N3O/c1-10-12-6-4-3-5-11(12)7-8-13(10)18-15(19)9-14(16)17(18)2/h3-9H,16H2,1-2H3. The van der Waals surface area contributed by atoms with Gasteiger partial charge in [-0.25, -0.2) is 4.68 Å². The number of nitrogens with two attached hydrogens (primary N) is 1. The van der Waals surface area contributed by atoms with Crippen LogP contribution >= 0.6 is 0 Å². The third-order valence-corrected chi connectivity index (χ3v) is 3.55. The Labute approximate surface area is 110 Å². The summed E-state index contributed by atoms with van der Waals surface area (Å²) in [5.74, 6) is 0.456. The number of fused-ring (bicyclic) bond motifs is 1. The van der Waals surface area contributed by atoms with E-state index in [1.54, 1.807) is 16.4 Å². The lowest BCUT2D eigenvalue weighted by Crippen LogP contribution is -2.20. The van der Waals surface area contributed by atoms with Crippen LogP contribution in [0, 0.1) is 6.92 Å². The average Bonchev–Trinajstić information content (AvgIpc) is 2.65. The number of aryl methyl sites for hydroxylation is 1. The van der Waals surface area contributed by atoms with Crippen LogP contribution in [-0.4, -0.2) is 9.36 Å². The molecule has 2 aromatic carbocycles. The third kappa shape index (κ3) is 1.64. The molecule has 0 aliphatic heterocycles. The van der Waals surface area contributed by atoms with Gasteiger partial charge in [0, 0.05) is 13.1 Å². The second-order valence-electron chi connectivity index (χ2n) is 4.67. The zero-order chi connectivity index (χ0) is 13.6. The molecule has 0 atom stereocenters. The molecule has 3 aromatic rings. The molecule has 3 rings (SSSR count). The van der Waals surface area contributed by atoms with Crippen LogP contribution in [0.15, 0.2) is 47.3 Å². The Bertz CT molecular complexity index is 827. The predicted molar refractivity (Wildman–Crippen MR) is 77.7 cm³/mol. The predicted octanol–water partition coefficient (Wildman–Crippen LogP) is 2.22. The minimum absolute atomic E-state index is 0.113. The molecular formula is C15H15N3O. The first-order valence-corrected chi connectivity index (χ1v) is 6.13. The van der Waals surface area contributed by atoms with E-state index in [9.17, 15) is 4.79 Å². The average molecular weight is 253 g/mol. The summed E-state index contributed by atoms with van der Waals surface area (Å²) in [4.78, 5) is 12.0. The van der Waals surface area contributed by atoms with Crippen molar-refractivity contribution in [2.45, 2.75) is 6.92 Å². The van der Waals surface area contributed by atoms with E-state index < -0.39 is 0 Å². The van der Waals surface area contributed by atoms with Crippen LogP contribution in [0.4, 0.5) is 5.82 Å². The highest BCUT2D eigenvalue weighted by Gasteiger charge is 2.11. The van der Waals surface area contributed by atoms with Gasteiger partial charge in [-0.3, -0.25) is 9.48 Å². The van der Waals surface area contributed by atoms with E-state index in [1.165, 1.54) is 11.5 Å². The van der Waals surface area contributed by atoms with Crippen LogP contribution in [0.5, 0.6) is 0 Å². The highest BCUT2D eigenvalue weighted by Crippen LogP contribution is 2.23. The minimum atomic E-state index is -0.113. The Balaban J connectivity index is 2.38. The van der Waals surface area contributed by atoms with E-state index >= 15 is 0 Å². The first-order chi connectivity index (χ1) is 9.09. The minimum Gasteiger partial charge on any atom is -0.384 e. The highest BCUT2D eigenvalue weighted by atomic mass is 16.1. The molecule has 4 heteroatoms. The van der Waals surface area contributed by atoms with Crippen LogP contribution in [0.25, 0.3) is 16.5 Å². The molecule has 0 saturated heterocycles. The molecule has 0 radical (unpaired) electrons. The molecule has 1 aromatic heterocycles. The Hall–Kier alpha value is -2.49. The Morgan fingerprint density at radius 1 is 1.11 bits per heavy atom. The normalized spacial score (nSPS) is 11.1. The largest absolute Gasteiger partial charge is 0.384 e. The molecule has 0 saturated carbocycles. The summed E-state index contributed by atoms with van der Waals surface area (Å²) in [5.41, 5.74) is 7.61. The number of anilines is 1. The third-order valence-electron chi connectivity index (χ3n) is 3.55. The van der Waals surface area contributed by atoms with E-state index in [2.05, 4.69) is 12.1 Å². The summed E-state index contributed by atoms with van der Waals surface area (Å²) in [6.45, 7) is 2.02. The number of aromatic nitrogens is 2. The van der Waals surface area contributed by atoms with Crippen molar-refractivity contribution in [3.63, 3.8) is 0 Å². The Morgan fingerprint density at radius 2 is 1.84 bits per heavy atom. The van der Waals surface area contributed by atoms with Gasteiger partial charge in [-0.2, -0.15) is 0 Å². The van der Waals surface area contributed by atoms with Gasteiger partial charge in [-0.1, -0.05) is 30.3 Å². The maximum absolute atomic E-state index is 12.0. The first kappa shape index (κ1) is 11.6.